The fourth-order valence-electron chi connectivity index (χ4n) is 2.50. The molecule has 2 aromatic rings. The molecule has 8 heteroatoms. The van der Waals surface area contributed by atoms with Crippen molar-refractivity contribution in [3.8, 4) is 0 Å². The zero-order valence-electron chi connectivity index (χ0n) is 15.3. The number of nitrogens with zero attached hydrogens (tertiary/aromatic N) is 3. The largest absolute Gasteiger partial charge is 0.357 e. The molecule has 2 rings (SSSR count). The first-order chi connectivity index (χ1) is 11.8. The van der Waals surface area contributed by atoms with Gasteiger partial charge in [0.15, 0.2) is 5.96 Å². The van der Waals surface area contributed by atoms with Crippen LogP contribution in [-0.2, 0) is 23.4 Å². The maximum atomic E-state index is 11.3. The Balaban J connectivity index is 2.06. The van der Waals surface area contributed by atoms with E-state index < -0.39 is 9.84 Å². The third kappa shape index (κ3) is 5.74. The van der Waals surface area contributed by atoms with Crippen molar-refractivity contribution in [2.75, 3.05) is 18.6 Å². The lowest BCUT2D eigenvalue weighted by Gasteiger charge is -2.17. The lowest BCUT2D eigenvalue weighted by atomic mass is 10.3. The molecule has 1 unspecified atom stereocenters. The standard InChI is InChI=1S/C17H27N5O2S/c1-5-18-17(20-13(2)10-11-25(4,23)24)19-12-16-21-14-8-6-7-9-15(14)22(16)3/h6-9,13H,5,10-12H2,1-4H3,(H2,18,19,20). The van der Waals surface area contributed by atoms with Gasteiger partial charge in [0, 0.05) is 25.9 Å². The van der Waals surface area contributed by atoms with Crippen LogP contribution in [0.2, 0.25) is 0 Å². The second kappa shape index (κ2) is 8.33. The predicted octanol–water partition coefficient (Wildman–Crippen LogP) is 1.45. The van der Waals surface area contributed by atoms with Crippen molar-refractivity contribution in [2.45, 2.75) is 32.9 Å². The van der Waals surface area contributed by atoms with Crippen molar-refractivity contribution >= 4 is 26.8 Å². The van der Waals surface area contributed by atoms with E-state index in [1.165, 1.54) is 6.26 Å². The number of sulfone groups is 1. The zero-order chi connectivity index (χ0) is 18.4. The van der Waals surface area contributed by atoms with Crippen LogP contribution < -0.4 is 10.6 Å². The molecular formula is C17H27N5O2S. The quantitative estimate of drug-likeness (QED) is 0.573. The molecule has 25 heavy (non-hydrogen) atoms. The van der Waals surface area contributed by atoms with Crippen LogP contribution in [0.1, 0.15) is 26.1 Å². The Morgan fingerprint density at radius 2 is 2.08 bits per heavy atom. The lowest BCUT2D eigenvalue weighted by molar-refractivity contribution is 0.581. The number of benzene rings is 1. The number of aromatic nitrogens is 2. The molecule has 0 aliphatic rings. The fourth-order valence-corrected chi connectivity index (χ4v) is 3.28. The number of nitrogens with one attached hydrogen (secondary N) is 2. The smallest absolute Gasteiger partial charge is 0.191 e. The highest BCUT2D eigenvalue weighted by atomic mass is 32.2. The van der Waals surface area contributed by atoms with E-state index in [-0.39, 0.29) is 11.8 Å². The molecule has 0 saturated carbocycles. The van der Waals surface area contributed by atoms with Crippen molar-refractivity contribution < 1.29 is 8.42 Å². The highest BCUT2D eigenvalue weighted by Gasteiger charge is 2.10. The van der Waals surface area contributed by atoms with Gasteiger partial charge in [-0.3, -0.25) is 0 Å². The number of rotatable bonds is 7. The van der Waals surface area contributed by atoms with Gasteiger partial charge < -0.3 is 15.2 Å². The lowest BCUT2D eigenvalue weighted by Crippen LogP contribution is -2.42. The summed E-state index contributed by atoms with van der Waals surface area (Å²) < 4.78 is 24.6. The van der Waals surface area contributed by atoms with Crippen LogP contribution in [0, 0.1) is 0 Å². The minimum Gasteiger partial charge on any atom is -0.357 e. The van der Waals surface area contributed by atoms with Crippen LogP contribution in [0.3, 0.4) is 0 Å². The Morgan fingerprint density at radius 1 is 1.36 bits per heavy atom. The minimum absolute atomic E-state index is 0.00738. The molecule has 7 nitrogen and oxygen atoms in total. The van der Waals surface area contributed by atoms with E-state index in [9.17, 15) is 8.42 Å². The summed E-state index contributed by atoms with van der Waals surface area (Å²) in [7, 11) is -0.975. The molecule has 1 atom stereocenters. The summed E-state index contributed by atoms with van der Waals surface area (Å²) in [6.07, 6.45) is 1.79. The van der Waals surface area contributed by atoms with Crippen LogP contribution in [0.15, 0.2) is 29.3 Å². The first kappa shape index (κ1) is 19.2. The maximum absolute atomic E-state index is 11.3. The van der Waals surface area contributed by atoms with Gasteiger partial charge in [0.2, 0.25) is 0 Å². The Kier molecular flexibility index (Phi) is 6.41. The third-order valence-corrected chi connectivity index (χ3v) is 4.88. The Morgan fingerprint density at radius 3 is 2.72 bits per heavy atom. The van der Waals surface area contributed by atoms with Crippen LogP contribution in [0.5, 0.6) is 0 Å². The fraction of sp³-hybridized carbons (Fsp3) is 0.529. The highest BCUT2D eigenvalue weighted by Crippen LogP contribution is 2.14. The van der Waals surface area contributed by atoms with Gasteiger partial charge in [-0.1, -0.05) is 12.1 Å². The van der Waals surface area contributed by atoms with Crippen molar-refractivity contribution in [1.82, 2.24) is 20.2 Å². The van der Waals surface area contributed by atoms with Gasteiger partial charge in [-0.2, -0.15) is 0 Å². The summed E-state index contributed by atoms with van der Waals surface area (Å²) in [5.74, 6) is 1.70. The first-order valence-electron chi connectivity index (χ1n) is 8.43. The number of aryl methyl sites for hydroxylation is 1. The van der Waals surface area contributed by atoms with Gasteiger partial charge in [-0.25, -0.2) is 18.4 Å². The number of aliphatic imine (C=N–C) groups is 1. The summed E-state index contributed by atoms with van der Waals surface area (Å²) in [5, 5.41) is 6.44. The summed E-state index contributed by atoms with van der Waals surface area (Å²) in [6, 6.07) is 7.99. The van der Waals surface area contributed by atoms with Crippen LogP contribution >= 0.6 is 0 Å². The molecule has 0 spiro atoms. The number of para-hydroxylation sites is 2. The Bertz CT molecular complexity index is 842. The first-order valence-corrected chi connectivity index (χ1v) is 10.5. The molecule has 0 amide bonds. The van der Waals surface area contributed by atoms with Crippen LogP contribution in [0.25, 0.3) is 11.0 Å². The number of hydrogen-bond acceptors (Lipinski definition) is 4. The molecular weight excluding hydrogens is 338 g/mol. The second-order valence-electron chi connectivity index (χ2n) is 6.23. The van der Waals surface area contributed by atoms with Gasteiger partial charge in [-0.05, 0) is 32.4 Å². The van der Waals surface area contributed by atoms with E-state index in [4.69, 9.17) is 0 Å². The molecule has 0 saturated heterocycles. The molecule has 0 aliphatic carbocycles. The number of imidazole rings is 1. The van der Waals surface area contributed by atoms with E-state index in [1.54, 1.807) is 0 Å². The average molecular weight is 366 g/mol. The topological polar surface area (TPSA) is 88.4 Å². The van der Waals surface area contributed by atoms with E-state index in [1.807, 2.05) is 49.7 Å². The molecule has 0 bridgehead atoms. The molecule has 138 valence electrons. The van der Waals surface area contributed by atoms with Gasteiger partial charge in [0.25, 0.3) is 0 Å². The van der Waals surface area contributed by atoms with Crippen LogP contribution in [0.4, 0.5) is 0 Å². The van der Waals surface area contributed by atoms with Crippen molar-refractivity contribution in [3.05, 3.63) is 30.1 Å². The predicted molar refractivity (Wildman–Crippen MR) is 102 cm³/mol. The Hall–Kier alpha value is -2.09. The number of guanidine groups is 1. The van der Waals surface area contributed by atoms with Crippen molar-refractivity contribution in [3.63, 3.8) is 0 Å². The number of hydrogen-bond donors (Lipinski definition) is 2. The molecule has 1 aromatic carbocycles. The summed E-state index contributed by atoms with van der Waals surface area (Å²) in [6.45, 7) is 5.12. The van der Waals surface area contributed by atoms with Crippen molar-refractivity contribution in [2.24, 2.45) is 12.0 Å². The zero-order valence-corrected chi connectivity index (χ0v) is 16.1. The van der Waals surface area contributed by atoms with Crippen LogP contribution in [-0.4, -0.2) is 48.5 Å². The molecule has 0 fully saturated rings. The van der Waals surface area contributed by atoms with E-state index in [2.05, 4.69) is 20.6 Å². The monoisotopic (exact) mass is 365 g/mol. The summed E-state index contributed by atoms with van der Waals surface area (Å²) in [5.41, 5.74) is 2.03. The van der Waals surface area contributed by atoms with Crippen molar-refractivity contribution in [1.29, 1.82) is 0 Å². The van der Waals surface area contributed by atoms with E-state index in [0.29, 0.717) is 18.9 Å². The average Bonchev–Trinajstić information content (AvgIpc) is 2.87. The van der Waals surface area contributed by atoms with Gasteiger partial charge in [0.05, 0.1) is 16.8 Å². The molecule has 1 heterocycles. The number of fused-ring (bicyclic) bond motifs is 1. The summed E-state index contributed by atoms with van der Waals surface area (Å²) in [4.78, 5) is 9.20. The summed E-state index contributed by atoms with van der Waals surface area (Å²) >= 11 is 0. The van der Waals surface area contributed by atoms with E-state index in [0.717, 1.165) is 23.4 Å². The van der Waals surface area contributed by atoms with Gasteiger partial charge >= 0.3 is 0 Å². The molecule has 1 aromatic heterocycles. The SMILES string of the molecule is CCNC(=NCc1nc2ccccc2n1C)NC(C)CCS(C)(=O)=O. The normalized spacial score (nSPS) is 13.8. The highest BCUT2D eigenvalue weighted by molar-refractivity contribution is 7.90. The molecule has 0 radical (unpaired) electrons. The Labute approximate surface area is 149 Å². The second-order valence-corrected chi connectivity index (χ2v) is 8.49. The molecule has 2 N–H and O–H groups in total. The maximum Gasteiger partial charge on any atom is 0.191 e. The van der Waals surface area contributed by atoms with E-state index >= 15 is 0 Å². The molecule has 0 aliphatic heterocycles. The van der Waals surface area contributed by atoms with Gasteiger partial charge in [-0.15, -0.1) is 0 Å². The van der Waals surface area contributed by atoms with Gasteiger partial charge in [0.1, 0.15) is 22.2 Å². The minimum atomic E-state index is -2.96. The third-order valence-electron chi connectivity index (χ3n) is 3.91.